The van der Waals surface area contributed by atoms with Gasteiger partial charge in [0.25, 0.3) is 5.69 Å². The van der Waals surface area contributed by atoms with Crippen molar-refractivity contribution in [1.82, 2.24) is 5.32 Å². The van der Waals surface area contributed by atoms with Gasteiger partial charge in [0.2, 0.25) is 5.91 Å². The van der Waals surface area contributed by atoms with Gasteiger partial charge in [0.15, 0.2) is 0 Å². The highest BCUT2D eigenvalue weighted by molar-refractivity contribution is 8.03. The lowest BCUT2D eigenvalue weighted by Crippen LogP contribution is -2.29. The Morgan fingerprint density at radius 3 is 2.45 bits per heavy atom. The van der Waals surface area contributed by atoms with Crippen LogP contribution in [0.2, 0.25) is 5.02 Å². The number of para-hydroxylation sites is 2. The number of nitriles is 1. The van der Waals surface area contributed by atoms with Crippen LogP contribution in [0.5, 0.6) is 0 Å². The first-order chi connectivity index (χ1) is 19.3. The summed E-state index contributed by atoms with van der Waals surface area (Å²) >= 11 is 7.15. The zero-order chi connectivity index (χ0) is 28.6. The molecule has 0 bridgehead atoms. The number of allylic oxidation sites excluding steroid dienone is 2. The number of hydrogen-bond donors (Lipinski definition) is 2. The lowest BCUT2D eigenvalue weighted by atomic mass is 9.82. The predicted molar refractivity (Wildman–Crippen MR) is 153 cm³/mol. The first kappa shape index (κ1) is 28.4. The second-order valence-electron chi connectivity index (χ2n) is 8.68. The van der Waals surface area contributed by atoms with E-state index in [1.807, 2.05) is 30.3 Å². The molecule has 0 aliphatic carbocycles. The smallest absolute Gasteiger partial charge is 0.337 e. The quantitative estimate of drug-likeness (QED) is 0.179. The molecule has 1 heterocycles. The third-order valence-corrected chi connectivity index (χ3v) is 7.28. The van der Waals surface area contributed by atoms with Crippen LogP contribution in [0, 0.1) is 21.4 Å². The lowest BCUT2D eigenvalue weighted by Gasteiger charge is -2.29. The summed E-state index contributed by atoms with van der Waals surface area (Å²) in [6.45, 7) is 1.76. The van der Waals surface area contributed by atoms with E-state index in [-0.39, 0.29) is 34.9 Å². The minimum Gasteiger partial charge on any atom is -0.457 e. The highest BCUT2D eigenvalue weighted by atomic mass is 35.5. The number of anilines is 1. The van der Waals surface area contributed by atoms with E-state index in [2.05, 4.69) is 16.7 Å². The van der Waals surface area contributed by atoms with Gasteiger partial charge in [-0.25, -0.2) is 4.79 Å². The monoisotopic (exact) mass is 574 g/mol. The van der Waals surface area contributed by atoms with E-state index in [0.717, 1.165) is 17.3 Å². The first-order valence-corrected chi connectivity index (χ1v) is 13.4. The fourth-order valence-electron chi connectivity index (χ4n) is 4.15. The third kappa shape index (κ3) is 6.69. The molecule has 4 rings (SSSR count). The van der Waals surface area contributed by atoms with Crippen LogP contribution in [-0.4, -0.2) is 22.6 Å². The number of carbonyl (C=O) groups excluding carboxylic acids is 2. The maximum atomic E-state index is 13.4. The second-order valence-corrected chi connectivity index (χ2v) is 10.1. The van der Waals surface area contributed by atoms with Crippen molar-refractivity contribution in [2.45, 2.75) is 19.4 Å². The molecule has 1 aliphatic heterocycles. The van der Waals surface area contributed by atoms with Crippen molar-refractivity contribution in [2.75, 3.05) is 11.1 Å². The summed E-state index contributed by atoms with van der Waals surface area (Å²) < 4.78 is 5.62. The minimum atomic E-state index is -0.771. The fourth-order valence-corrected chi connectivity index (χ4v) is 5.17. The first-order valence-electron chi connectivity index (χ1n) is 12.0. The molecule has 2 N–H and O–H groups in total. The van der Waals surface area contributed by atoms with Gasteiger partial charge in [0.1, 0.15) is 12.3 Å². The molecule has 0 saturated carbocycles. The minimum absolute atomic E-state index is 0.0583. The van der Waals surface area contributed by atoms with E-state index in [0.29, 0.717) is 21.3 Å². The maximum Gasteiger partial charge on any atom is 0.337 e. The summed E-state index contributed by atoms with van der Waals surface area (Å²) in [4.78, 5) is 36.7. The zero-order valence-electron chi connectivity index (χ0n) is 21.2. The Balaban J connectivity index is 1.59. The van der Waals surface area contributed by atoms with Crippen molar-refractivity contribution >= 4 is 46.6 Å². The van der Waals surface area contributed by atoms with E-state index in [1.54, 1.807) is 37.3 Å². The molecule has 3 aromatic carbocycles. The maximum absolute atomic E-state index is 13.4. The van der Waals surface area contributed by atoms with Gasteiger partial charge >= 0.3 is 5.97 Å². The lowest BCUT2D eigenvalue weighted by molar-refractivity contribution is -0.383. The van der Waals surface area contributed by atoms with Crippen LogP contribution < -0.4 is 10.6 Å². The molecule has 0 saturated heterocycles. The average Bonchev–Trinajstić information content (AvgIpc) is 2.95. The fraction of sp³-hybridized carbons (Fsp3) is 0.138. The van der Waals surface area contributed by atoms with Gasteiger partial charge in [0, 0.05) is 16.8 Å². The van der Waals surface area contributed by atoms with Crippen LogP contribution in [0.1, 0.15) is 24.0 Å². The van der Waals surface area contributed by atoms with Crippen LogP contribution in [0.3, 0.4) is 0 Å². The van der Waals surface area contributed by atoms with Gasteiger partial charge in [-0.15, -0.1) is 0 Å². The molecule has 0 aromatic heterocycles. The average molecular weight is 575 g/mol. The highest BCUT2D eigenvalue weighted by Gasteiger charge is 2.35. The van der Waals surface area contributed by atoms with Crippen molar-refractivity contribution in [3.63, 3.8) is 0 Å². The van der Waals surface area contributed by atoms with Gasteiger partial charge < -0.3 is 15.4 Å². The zero-order valence-corrected chi connectivity index (χ0v) is 22.8. The number of nitrogens with one attached hydrogen (secondary N) is 2. The number of halogens is 1. The molecule has 40 heavy (non-hydrogen) atoms. The molecule has 3 aromatic rings. The SMILES string of the molecule is CC1=C(C(=O)OCc2ccccc2)[C@@H](c2ccc(Cl)cc2)C(C#N)=C(SCC(=O)Nc2ccccc2[N+](=O)[O-])N1. The van der Waals surface area contributed by atoms with Gasteiger partial charge in [-0.2, -0.15) is 5.26 Å². The van der Waals surface area contributed by atoms with Crippen molar-refractivity contribution in [2.24, 2.45) is 0 Å². The molecular weight excluding hydrogens is 552 g/mol. The molecule has 0 spiro atoms. The summed E-state index contributed by atoms with van der Waals surface area (Å²) in [6, 6.07) is 24.1. The van der Waals surface area contributed by atoms with Gasteiger partial charge in [-0.3, -0.25) is 14.9 Å². The largest absolute Gasteiger partial charge is 0.457 e. The van der Waals surface area contributed by atoms with Crippen molar-refractivity contribution in [1.29, 1.82) is 5.26 Å². The second kappa shape index (κ2) is 13.0. The molecule has 1 amide bonds. The van der Waals surface area contributed by atoms with Crippen molar-refractivity contribution in [3.8, 4) is 6.07 Å². The molecule has 9 nitrogen and oxygen atoms in total. The summed E-state index contributed by atoms with van der Waals surface area (Å²) in [7, 11) is 0. The number of thioether (sulfide) groups is 1. The van der Waals surface area contributed by atoms with Gasteiger partial charge in [-0.1, -0.05) is 78.0 Å². The predicted octanol–water partition coefficient (Wildman–Crippen LogP) is 6.06. The van der Waals surface area contributed by atoms with Gasteiger partial charge in [0.05, 0.1) is 38.8 Å². The number of rotatable bonds is 9. The topological polar surface area (TPSA) is 134 Å². The normalized spacial score (nSPS) is 14.7. The summed E-state index contributed by atoms with van der Waals surface area (Å²) in [5.74, 6) is -2.00. The van der Waals surface area contributed by atoms with Crippen LogP contribution in [0.25, 0.3) is 0 Å². The van der Waals surface area contributed by atoms with Crippen LogP contribution in [-0.2, 0) is 20.9 Å². The number of ether oxygens (including phenoxy) is 1. The highest BCUT2D eigenvalue weighted by Crippen LogP contribution is 2.41. The number of carbonyl (C=O) groups is 2. The van der Waals surface area contributed by atoms with E-state index in [1.165, 1.54) is 18.2 Å². The standard InChI is InChI=1S/C29H23ClN4O5S/c1-18-26(29(36)39-16-19-7-3-2-4-8-19)27(20-11-13-21(30)14-12-20)22(15-31)28(32-18)40-17-25(35)33-23-9-5-6-10-24(23)34(37)38/h2-14,27,32H,16-17H2,1H3,(H,33,35)/t27-/m0/s1. The number of nitrogens with zero attached hydrogens (tertiary/aromatic N) is 2. The molecule has 0 unspecified atom stereocenters. The molecule has 1 aliphatic rings. The molecule has 0 radical (unpaired) electrons. The Morgan fingerprint density at radius 2 is 1.77 bits per heavy atom. The molecule has 202 valence electrons. The number of esters is 1. The Morgan fingerprint density at radius 1 is 1.10 bits per heavy atom. The van der Waals surface area contributed by atoms with E-state index >= 15 is 0 Å². The Bertz CT molecular complexity index is 1550. The summed E-state index contributed by atoms with van der Waals surface area (Å²) in [6.07, 6.45) is 0. The van der Waals surface area contributed by atoms with Gasteiger partial charge in [-0.05, 0) is 36.2 Å². The summed E-state index contributed by atoms with van der Waals surface area (Å²) in [5, 5.41) is 28.0. The number of nitro benzene ring substituents is 1. The Labute approximate surface area is 239 Å². The van der Waals surface area contributed by atoms with E-state index < -0.39 is 22.7 Å². The van der Waals surface area contributed by atoms with Crippen LogP contribution in [0.15, 0.2) is 101 Å². The number of benzene rings is 3. The van der Waals surface area contributed by atoms with Crippen LogP contribution in [0.4, 0.5) is 11.4 Å². The van der Waals surface area contributed by atoms with Crippen molar-refractivity contribution in [3.05, 3.63) is 127 Å². The number of dihydropyridines is 1. The number of nitro groups is 1. The summed E-state index contributed by atoms with van der Waals surface area (Å²) in [5.41, 5.74) is 2.27. The van der Waals surface area contributed by atoms with E-state index in [9.17, 15) is 25.0 Å². The number of hydrogen-bond acceptors (Lipinski definition) is 8. The molecule has 1 atom stereocenters. The molecule has 11 heteroatoms. The van der Waals surface area contributed by atoms with Crippen LogP contribution >= 0.6 is 23.4 Å². The third-order valence-electron chi connectivity index (χ3n) is 6.01. The molecular formula is C29H23ClN4O5S. The molecule has 0 fully saturated rings. The Hall–Kier alpha value is -4.59. The van der Waals surface area contributed by atoms with Crippen molar-refractivity contribution < 1.29 is 19.2 Å². The van der Waals surface area contributed by atoms with E-state index in [4.69, 9.17) is 16.3 Å². The number of amides is 1. The Kier molecular flexibility index (Phi) is 9.22.